The van der Waals surface area contributed by atoms with Gasteiger partial charge in [-0.15, -0.1) is 0 Å². The predicted octanol–water partition coefficient (Wildman–Crippen LogP) is 4.56. The first-order chi connectivity index (χ1) is 11.8. The normalized spacial score (nSPS) is 32.2. The van der Waals surface area contributed by atoms with Crippen LogP contribution in [0.1, 0.15) is 78.6 Å². The van der Waals surface area contributed by atoms with Crippen molar-refractivity contribution < 1.29 is 4.79 Å². The molecule has 0 aromatic heterocycles. The Morgan fingerprint density at radius 3 is 2.24 bits per heavy atom. The van der Waals surface area contributed by atoms with Gasteiger partial charge in [0.15, 0.2) is 0 Å². The SMILES string of the molecule is CN(C(=O)C1CCC(C(C)(C)C)CC1)C1CCN(CC2CCCC2)C1. The fraction of sp³-hybridized carbons (Fsp3) is 0.955. The van der Waals surface area contributed by atoms with Gasteiger partial charge in [-0.05, 0) is 62.2 Å². The molecule has 3 nitrogen and oxygen atoms in total. The summed E-state index contributed by atoms with van der Waals surface area (Å²) < 4.78 is 0. The van der Waals surface area contributed by atoms with Crippen LogP contribution in [0.5, 0.6) is 0 Å². The molecule has 0 radical (unpaired) electrons. The number of carbonyl (C=O) groups is 1. The molecule has 144 valence electrons. The summed E-state index contributed by atoms with van der Waals surface area (Å²) in [4.78, 5) is 17.7. The van der Waals surface area contributed by atoms with Crippen molar-refractivity contribution in [2.75, 3.05) is 26.7 Å². The van der Waals surface area contributed by atoms with Crippen LogP contribution < -0.4 is 0 Å². The van der Waals surface area contributed by atoms with Gasteiger partial charge in [0.05, 0.1) is 0 Å². The van der Waals surface area contributed by atoms with Gasteiger partial charge < -0.3 is 9.80 Å². The van der Waals surface area contributed by atoms with E-state index in [4.69, 9.17) is 0 Å². The molecule has 3 rings (SSSR count). The Morgan fingerprint density at radius 1 is 1.00 bits per heavy atom. The maximum Gasteiger partial charge on any atom is 0.225 e. The first-order valence-electron chi connectivity index (χ1n) is 10.8. The summed E-state index contributed by atoms with van der Waals surface area (Å²) in [5.74, 6) is 2.43. The van der Waals surface area contributed by atoms with E-state index in [2.05, 4.69) is 37.6 Å². The molecule has 1 amide bonds. The molecule has 1 aliphatic heterocycles. The monoisotopic (exact) mass is 348 g/mol. The van der Waals surface area contributed by atoms with E-state index in [1.807, 2.05) is 0 Å². The maximum absolute atomic E-state index is 13.0. The van der Waals surface area contributed by atoms with Crippen LogP contribution in [0, 0.1) is 23.2 Å². The fourth-order valence-corrected chi connectivity index (χ4v) is 5.53. The van der Waals surface area contributed by atoms with Gasteiger partial charge in [0.1, 0.15) is 0 Å². The van der Waals surface area contributed by atoms with Gasteiger partial charge in [0.2, 0.25) is 5.91 Å². The second-order valence-electron chi connectivity index (χ2n) is 10.2. The predicted molar refractivity (Wildman–Crippen MR) is 104 cm³/mol. The Balaban J connectivity index is 1.45. The molecule has 0 aromatic carbocycles. The van der Waals surface area contributed by atoms with Crippen LogP contribution in [0.25, 0.3) is 0 Å². The molecule has 0 N–H and O–H groups in total. The molecule has 2 aliphatic carbocycles. The summed E-state index contributed by atoms with van der Waals surface area (Å²) in [5.41, 5.74) is 0.395. The van der Waals surface area contributed by atoms with E-state index in [0.29, 0.717) is 17.4 Å². The molecule has 0 aromatic rings. The molecular formula is C22H40N2O. The minimum atomic E-state index is 0.285. The van der Waals surface area contributed by atoms with Crippen LogP contribution in [0.2, 0.25) is 0 Å². The number of hydrogen-bond acceptors (Lipinski definition) is 2. The van der Waals surface area contributed by atoms with Gasteiger partial charge in [-0.2, -0.15) is 0 Å². The van der Waals surface area contributed by atoms with E-state index >= 15 is 0 Å². The van der Waals surface area contributed by atoms with Crippen molar-refractivity contribution in [3.63, 3.8) is 0 Å². The zero-order valence-corrected chi connectivity index (χ0v) is 17.1. The second-order valence-corrected chi connectivity index (χ2v) is 10.2. The van der Waals surface area contributed by atoms with Crippen molar-refractivity contribution >= 4 is 5.91 Å². The largest absolute Gasteiger partial charge is 0.341 e. The number of likely N-dealkylation sites (N-methyl/N-ethyl adjacent to an activating group) is 1. The minimum absolute atomic E-state index is 0.285. The highest BCUT2D eigenvalue weighted by Gasteiger charge is 2.36. The molecule has 3 fully saturated rings. The van der Waals surface area contributed by atoms with E-state index in [-0.39, 0.29) is 5.92 Å². The molecular weight excluding hydrogens is 308 g/mol. The number of nitrogens with zero attached hydrogens (tertiary/aromatic N) is 2. The summed E-state index contributed by atoms with van der Waals surface area (Å²) in [6, 6.07) is 0.453. The molecule has 0 bridgehead atoms. The Morgan fingerprint density at radius 2 is 1.64 bits per heavy atom. The first-order valence-corrected chi connectivity index (χ1v) is 10.8. The van der Waals surface area contributed by atoms with Crippen LogP contribution in [0.15, 0.2) is 0 Å². The first kappa shape index (κ1) is 19.2. The Kier molecular flexibility index (Phi) is 6.13. The Labute approximate surface area is 155 Å². The Bertz CT molecular complexity index is 441. The summed E-state index contributed by atoms with van der Waals surface area (Å²) in [5, 5.41) is 0. The quantitative estimate of drug-likeness (QED) is 0.743. The molecule has 1 heterocycles. The van der Waals surface area contributed by atoms with E-state index in [1.54, 1.807) is 0 Å². The fourth-order valence-electron chi connectivity index (χ4n) is 5.53. The van der Waals surface area contributed by atoms with E-state index in [9.17, 15) is 4.79 Å². The third-order valence-electron chi connectivity index (χ3n) is 7.44. The minimum Gasteiger partial charge on any atom is -0.341 e. The highest BCUT2D eigenvalue weighted by molar-refractivity contribution is 5.79. The van der Waals surface area contributed by atoms with Crippen molar-refractivity contribution in [2.45, 2.75) is 84.6 Å². The summed E-state index contributed by atoms with van der Waals surface area (Å²) >= 11 is 0. The second kappa shape index (κ2) is 7.98. The smallest absolute Gasteiger partial charge is 0.225 e. The van der Waals surface area contributed by atoms with Gasteiger partial charge in [0, 0.05) is 38.6 Å². The highest BCUT2D eigenvalue weighted by atomic mass is 16.2. The average molecular weight is 349 g/mol. The maximum atomic E-state index is 13.0. The van der Waals surface area contributed by atoms with Gasteiger partial charge >= 0.3 is 0 Å². The summed E-state index contributed by atoms with van der Waals surface area (Å²) in [7, 11) is 2.07. The number of hydrogen-bond donors (Lipinski definition) is 0. The van der Waals surface area contributed by atoms with Crippen LogP contribution in [-0.2, 0) is 4.79 Å². The van der Waals surface area contributed by atoms with Gasteiger partial charge in [-0.1, -0.05) is 33.6 Å². The summed E-state index contributed by atoms with van der Waals surface area (Å²) in [6.45, 7) is 10.6. The lowest BCUT2D eigenvalue weighted by atomic mass is 9.69. The van der Waals surface area contributed by atoms with Crippen molar-refractivity contribution in [1.29, 1.82) is 0 Å². The standard InChI is InChI=1S/C22H40N2O/c1-22(2,3)19-11-9-18(10-12-19)21(25)23(4)20-13-14-24(16-20)15-17-7-5-6-8-17/h17-20H,5-16H2,1-4H3. The number of carbonyl (C=O) groups excluding carboxylic acids is 1. The van der Waals surface area contributed by atoms with Crippen molar-refractivity contribution in [2.24, 2.45) is 23.2 Å². The third kappa shape index (κ3) is 4.78. The molecule has 1 atom stereocenters. The van der Waals surface area contributed by atoms with Gasteiger partial charge in [-0.25, -0.2) is 0 Å². The molecule has 25 heavy (non-hydrogen) atoms. The van der Waals surface area contributed by atoms with Crippen molar-refractivity contribution in [3.8, 4) is 0 Å². The number of likely N-dealkylation sites (tertiary alicyclic amines) is 1. The molecule has 3 aliphatic rings. The zero-order chi connectivity index (χ0) is 18.0. The highest BCUT2D eigenvalue weighted by Crippen LogP contribution is 2.40. The zero-order valence-electron chi connectivity index (χ0n) is 17.1. The van der Waals surface area contributed by atoms with Gasteiger partial charge in [0.25, 0.3) is 0 Å². The van der Waals surface area contributed by atoms with E-state index < -0.39 is 0 Å². The van der Waals surface area contributed by atoms with E-state index in [1.165, 1.54) is 58.0 Å². The van der Waals surface area contributed by atoms with Crippen LogP contribution >= 0.6 is 0 Å². The van der Waals surface area contributed by atoms with Crippen LogP contribution in [0.3, 0.4) is 0 Å². The van der Waals surface area contributed by atoms with Gasteiger partial charge in [-0.3, -0.25) is 4.79 Å². The topological polar surface area (TPSA) is 23.6 Å². The average Bonchev–Trinajstić information content (AvgIpc) is 3.25. The van der Waals surface area contributed by atoms with Crippen molar-refractivity contribution in [3.05, 3.63) is 0 Å². The molecule has 2 saturated carbocycles. The molecule has 0 spiro atoms. The number of amides is 1. The molecule has 1 unspecified atom stereocenters. The third-order valence-corrected chi connectivity index (χ3v) is 7.44. The van der Waals surface area contributed by atoms with Crippen molar-refractivity contribution in [1.82, 2.24) is 9.80 Å². The Hall–Kier alpha value is -0.570. The molecule has 1 saturated heterocycles. The molecule has 3 heteroatoms. The van der Waals surface area contributed by atoms with E-state index in [0.717, 1.165) is 31.2 Å². The van der Waals surface area contributed by atoms with Crippen LogP contribution in [-0.4, -0.2) is 48.4 Å². The summed E-state index contributed by atoms with van der Waals surface area (Å²) in [6.07, 6.45) is 11.5. The number of rotatable bonds is 4. The van der Waals surface area contributed by atoms with Crippen LogP contribution in [0.4, 0.5) is 0 Å². The lowest BCUT2D eigenvalue weighted by molar-refractivity contribution is -0.137. The lowest BCUT2D eigenvalue weighted by Gasteiger charge is -2.38. The lowest BCUT2D eigenvalue weighted by Crippen LogP contribution is -2.43.